The molecule has 0 fully saturated rings. The average molecular weight is 430 g/mol. The standard InChI is InChI=1S/C24H19FN4O3/c25-22-16(4-1-7-27-22)14-5-6-20-17(9-14)24(13-31-23(26)29-24)18-10-19(28-11-21(18)32-20)15-3-2-8-30-12-15/h1,3-7,9-11H,2,8,12-13H2,(H2,26,29)/t24-/m0/s1. The zero-order chi connectivity index (χ0) is 21.7. The van der Waals surface area contributed by atoms with Crippen molar-refractivity contribution in [3.05, 3.63) is 77.6 Å². The van der Waals surface area contributed by atoms with E-state index in [1.54, 1.807) is 30.5 Å². The molecular weight excluding hydrogens is 411 g/mol. The first-order chi connectivity index (χ1) is 15.6. The number of aromatic nitrogens is 2. The quantitative estimate of drug-likeness (QED) is 0.622. The van der Waals surface area contributed by atoms with E-state index in [0.717, 1.165) is 28.8 Å². The van der Waals surface area contributed by atoms with Crippen LogP contribution in [-0.2, 0) is 15.0 Å². The highest BCUT2D eigenvalue weighted by atomic mass is 19.1. The molecule has 0 aliphatic carbocycles. The largest absolute Gasteiger partial charge is 0.462 e. The number of hydrogen-bond acceptors (Lipinski definition) is 7. The fourth-order valence-corrected chi connectivity index (χ4v) is 4.44. The molecule has 0 saturated heterocycles. The van der Waals surface area contributed by atoms with Crippen LogP contribution in [0.1, 0.15) is 23.2 Å². The smallest absolute Gasteiger partial charge is 0.283 e. The Labute approximate surface area is 183 Å². The first-order valence-corrected chi connectivity index (χ1v) is 10.3. The third kappa shape index (κ3) is 2.87. The first-order valence-electron chi connectivity index (χ1n) is 10.3. The zero-order valence-electron chi connectivity index (χ0n) is 17.0. The van der Waals surface area contributed by atoms with Gasteiger partial charge in [-0.3, -0.25) is 4.98 Å². The van der Waals surface area contributed by atoms with Crippen LogP contribution in [0, 0.1) is 5.95 Å². The molecule has 3 aliphatic heterocycles. The molecule has 3 aromatic rings. The Balaban J connectivity index is 1.54. The number of nitrogens with two attached hydrogens (primary N) is 1. The SMILES string of the molecule is NC1=N[C@@]2(CO1)c1cc(-c3cccnc3F)ccc1Oc1cnc(C3=CCCOC3)cc12. The summed E-state index contributed by atoms with van der Waals surface area (Å²) in [6.07, 6.45) is 6.09. The van der Waals surface area contributed by atoms with Crippen molar-refractivity contribution in [3.8, 4) is 22.6 Å². The molecule has 6 rings (SSSR count). The Morgan fingerprint density at radius 1 is 1.06 bits per heavy atom. The number of pyridine rings is 2. The number of hydrogen-bond donors (Lipinski definition) is 1. The maximum atomic E-state index is 14.4. The van der Waals surface area contributed by atoms with Crippen molar-refractivity contribution in [2.45, 2.75) is 12.0 Å². The van der Waals surface area contributed by atoms with E-state index < -0.39 is 11.5 Å². The van der Waals surface area contributed by atoms with Gasteiger partial charge in [0.15, 0.2) is 11.3 Å². The van der Waals surface area contributed by atoms with Gasteiger partial charge in [0.25, 0.3) is 6.02 Å². The molecular formula is C24H19FN4O3. The Kier molecular flexibility index (Phi) is 4.22. The normalized spacial score (nSPS) is 21.2. The van der Waals surface area contributed by atoms with E-state index in [1.165, 1.54) is 6.20 Å². The maximum Gasteiger partial charge on any atom is 0.283 e. The van der Waals surface area contributed by atoms with Crippen LogP contribution in [0.25, 0.3) is 16.7 Å². The third-order valence-electron chi connectivity index (χ3n) is 6.00. The summed E-state index contributed by atoms with van der Waals surface area (Å²) in [5.74, 6) is 0.642. The molecule has 0 bridgehead atoms. The number of fused-ring (bicyclic) bond motifs is 4. The van der Waals surface area contributed by atoms with E-state index in [-0.39, 0.29) is 12.6 Å². The van der Waals surface area contributed by atoms with Crippen LogP contribution in [0.2, 0.25) is 0 Å². The predicted molar refractivity (Wildman–Crippen MR) is 116 cm³/mol. The van der Waals surface area contributed by atoms with Crippen molar-refractivity contribution >= 4 is 11.6 Å². The van der Waals surface area contributed by atoms with E-state index in [4.69, 9.17) is 24.9 Å². The lowest BCUT2D eigenvalue weighted by molar-refractivity contribution is 0.164. The molecule has 8 heteroatoms. The predicted octanol–water partition coefficient (Wildman–Crippen LogP) is 3.78. The van der Waals surface area contributed by atoms with Gasteiger partial charge in [-0.15, -0.1) is 0 Å². The Morgan fingerprint density at radius 3 is 2.75 bits per heavy atom. The second-order valence-electron chi connectivity index (χ2n) is 7.89. The summed E-state index contributed by atoms with van der Waals surface area (Å²) in [5.41, 5.74) is 9.48. The highest BCUT2D eigenvalue weighted by Crippen LogP contribution is 2.51. The summed E-state index contributed by atoms with van der Waals surface area (Å²) in [5, 5.41) is 0. The van der Waals surface area contributed by atoms with Gasteiger partial charge in [0.05, 0.1) is 25.1 Å². The molecule has 1 atom stereocenters. The lowest BCUT2D eigenvalue weighted by Gasteiger charge is -2.34. The molecule has 160 valence electrons. The van der Waals surface area contributed by atoms with Gasteiger partial charge in [0.2, 0.25) is 5.95 Å². The van der Waals surface area contributed by atoms with E-state index in [2.05, 4.69) is 16.0 Å². The van der Waals surface area contributed by atoms with Crippen molar-refractivity contribution in [1.29, 1.82) is 0 Å². The highest BCUT2D eigenvalue weighted by molar-refractivity contribution is 5.78. The van der Waals surface area contributed by atoms with Gasteiger partial charge >= 0.3 is 0 Å². The van der Waals surface area contributed by atoms with Crippen molar-refractivity contribution in [2.24, 2.45) is 10.7 Å². The molecule has 0 radical (unpaired) electrons. The van der Waals surface area contributed by atoms with Crippen molar-refractivity contribution < 1.29 is 18.6 Å². The van der Waals surface area contributed by atoms with Gasteiger partial charge in [0.1, 0.15) is 12.4 Å². The van der Waals surface area contributed by atoms with Crippen molar-refractivity contribution in [1.82, 2.24) is 9.97 Å². The number of rotatable bonds is 2. The highest BCUT2D eigenvalue weighted by Gasteiger charge is 2.47. The molecule has 0 unspecified atom stereocenters. The van der Waals surface area contributed by atoms with Crippen LogP contribution in [0.3, 0.4) is 0 Å². The zero-order valence-corrected chi connectivity index (χ0v) is 17.0. The number of aliphatic imine (C=N–C) groups is 1. The number of halogens is 1. The lowest BCUT2D eigenvalue weighted by atomic mass is 9.80. The second-order valence-corrected chi connectivity index (χ2v) is 7.89. The number of ether oxygens (including phenoxy) is 3. The third-order valence-corrected chi connectivity index (χ3v) is 6.00. The lowest BCUT2D eigenvalue weighted by Crippen LogP contribution is -2.31. The monoisotopic (exact) mass is 430 g/mol. The number of benzene rings is 1. The Morgan fingerprint density at radius 2 is 1.97 bits per heavy atom. The van der Waals surface area contributed by atoms with Crippen LogP contribution in [0.4, 0.5) is 4.39 Å². The molecule has 0 saturated carbocycles. The van der Waals surface area contributed by atoms with Crippen LogP contribution >= 0.6 is 0 Å². The Bertz CT molecular complexity index is 1310. The molecule has 1 aromatic carbocycles. The number of amidine groups is 1. The Hall–Kier alpha value is -3.78. The van der Waals surface area contributed by atoms with Gasteiger partial charge in [0, 0.05) is 22.9 Å². The van der Waals surface area contributed by atoms with E-state index in [9.17, 15) is 4.39 Å². The summed E-state index contributed by atoms with van der Waals surface area (Å²) in [6, 6.07) is 10.9. The summed E-state index contributed by atoms with van der Waals surface area (Å²) < 4.78 is 31.8. The van der Waals surface area contributed by atoms with Crippen LogP contribution in [0.5, 0.6) is 11.5 Å². The van der Waals surface area contributed by atoms with Gasteiger partial charge in [-0.25, -0.2) is 9.98 Å². The molecule has 3 aliphatic rings. The molecule has 2 aromatic heterocycles. The molecule has 32 heavy (non-hydrogen) atoms. The minimum atomic E-state index is -0.921. The summed E-state index contributed by atoms with van der Waals surface area (Å²) in [4.78, 5) is 13.1. The fraction of sp³-hybridized carbons (Fsp3) is 0.208. The number of nitrogens with zero attached hydrogens (tertiary/aromatic N) is 3. The molecule has 5 heterocycles. The molecule has 7 nitrogen and oxygen atoms in total. The van der Waals surface area contributed by atoms with Crippen LogP contribution < -0.4 is 10.5 Å². The summed E-state index contributed by atoms with van der Waals surface area (Å²) >= 11 is 0. The van der Waals surface area contributed by atoms with E-state index in [0.29, 0.717) is 35.8 Å². The van der Waals surface area contributed by atoms with Gasteiger partial charge in [-0.05, 0) is 47.9 Å². The topological polar surface area (TPSA) is 91.9 Å². The maximum absolute atomic E-state index is 14.4. The van der Waals surface area contributed by atoms with Gasteiger partial charge in [-0.1, -0.05) is 12.1 Å². The van der Waals surface area contributed by atoms with Gasteiger partial charge < -0.3 is 19.9 Å². The van der Waals surface area contributed by atoms with Gasteiger partial charge in [-0.2, -0.15) is 4.39 Å². The first kappa shape index (κ1) is 18.9. The van der Waals surface area contributed by atoms with Crippen LogP contribution in [-0.4, -0.2) is 35.8 Å². The van der Waals surface area contributed by atoms with Crippen molar-refractivity contribution in [3.63, 3.8) is 0 Å². The molecule has 1 spiro atoms. The second kappa shape index (κ2) is 7.13. The summed E-state index contributed by atoms with van der Waals surface area (Å²) in [7, 11) is 0. The van der Waals surface area contributed by atoms with Crippen LogP contribution in [0.15, 0.2) is 59.9 Å². The molecule has 0 amide bonds. The van der Waals surface area contributed by atoms with E-state index >= 15 is 0 Å². The molecule has 2 N–H and O–H groups in total. The minimum Gasteiger partial charge on any atom is -0.462 e. The summed E-state index contributed by atoms with van der Waals surface area (Å²) in [6.45, 7) is 1.42. The minimum absolute atomic E-state index is 0.0975. The van der Waals surface area contributed by atoms with Crippen molar-refractivity contribution in [2.75, 3.05) is 19.8 Å². The fourth-order valence-electron chi connectivity index (χ4n) is 4.44. The average Bonchev–Trinajstić information content (AvgIpc) is 3.22. The van der Waals surface area contributed by atoms with E-state index in [1.807, 2.05) is 12.1 Å².